The summed E-state index contributed by atoms with van der Waals surface area (Å²) in [6, 6.07) is 9.74. The van der Waals surface area contributed by atoms with Gasteiger partial charge in [-0.05, 0) is 43.3 Å². The molecule has 3 nitrogen and oxygen atoms in total. The van der Waals surface area contributed by atoms with E-state index < -0.39 is 11.6 Å². The minimum Gasteiger partial charge on any atom is -0.507 e. The highest BCUT2D eigenvalue weighted by atomic mass is 19.1. The monoisotopic (exact) mass is 272 g/mol. The Morgan fingerprint density at radius 1 is 1.15 bits per heavy atom. The lowest BCUT2D eigenvalue weighted by molar-refractivity contribution is 0.104. The van der Waals surface area contributed by atoms with Crippen LogP contribution in [0.25, 0.3) is 5.76 Å². The largest absolute Gasteiger partial charge is 0.507 e. The van der Waals surface area contributed by atoms with Gasteiger partial charge in [0, 0.05) is 11.6 Å². The highest BCUT2D eigenvalue weighted by molar-refractivity contribution is 6.09. The molecule has 20 heavy (non-hydrogen) atoms. The SMILES string of the molecule is Cc1ccc(O)c(C(=O)C=C(O)c2ccc(F)cc2)c1. The van der Waals surface area contributed by atoms with Gasteiger partial charge < -0.3 is 10.2 Å². The van der Waals surface area contributed by atoms with Crippen molar-refractivity contribution in [3.8, 4) is 5.75 Å². The fourth-order valence-electron chi connectivity index (χ4n) is 1.75. The molecule has 0 aliphatic carbocycles. The first-order valence-corrected chi connectivity index (χ1v) is 5.98. The molecule has 2 rings (SSSR count). The van der Waals surface area contributed by atoms with Crippen LogP contribution in [0.3, 0.4) is 0 Å². The van der Waals surface area contributed by atoms with Crippen molar-refractivity contribution in [1.82, 2.24) is 0 Å². The Bertz CT molecular complexity index is 673. The number of phenolic OH excluding ortho intramolecular Hbond substituents is 1. The standard InChI is InChI=1S/C16H13FO3/c1-10-2-7-14(18)13(8-10)16(20)9-15(19)11-3-5-12(17)6-4-11/h2-9,18-19H,1H3. The number of aliphatic hydroxyl groups excluding tert-OH is 1. The number of aliphatic hydroxyl groups is 1. The van der Waals surface area contributed by atoms with E-state index in [0.29, 0.717) is 5.56 Å². The number of halogens is 1. The molecule has 0 saturated heterocycles. The maximum absolute atomic E-state index is 12.8. The third-order valence-electron chi connectivity index (χ3n) is 2.83. The zero-order valence-electron chi connectivity index (χ0n) is 10.8. The minimum atomic E-state index is -0.520. The Kier molecular flexibility index (Phi) is 3.84. The second-order valence-electron chi connectivity index (χ2n) is 4.42. The zero-order chi connectivity index (χ0) is 14.7. The maximum Gasteiger partial charge on any atom is 0.193 e. The van der Waals surface area contributed by atoms with Gasteiger partial charge >= 0.3 is 0 Å². The summed E-state index contributed by atoms with van der Waals surface area (Å²) < 4.78 is 12.8. The number of hydrogen-bond donors (Lipinski definition) is 2. The van der Waals surface area contributed by atoms with E-state index in [4.69, 9.17) is 0 Å². The third-order valence-corrected chi connectivity index (χ3v) is 2.83. The molecule has 0 amide bonds. The summed E-state index contributed by atoms with van der Waals surface area (Å²) in [6.45, 7) is 1.79. The van der Waals surface area contributed by atoms with Crippen molar-refractivity contribution in [1.29, 1.82) is 0 Å². The van der Waals surface area contributed by atoms with Crippen LogP contribution in [0.1, 0.15) is 21.5 Å². The van der Waals surface area contributed by atoms with E-state index in [9.17, 15) is 19.4 Å². The van der Waals surface area contributed by atoms with Crippen LogP contribution in [0.2, 0.25) is 0 Å². The van der Waals surface area contributed by atoms with Gasteiger partial charge in [0.2, 0.25) is 0 Å². The lowest BCUT2D eigenvalue weighted by atomic mass is 10.0. The molecule has 2 aromatic rings. The van der Waals surface area contributed by atoms with Gasteiger partial charge in [-0.1, -0.05) is 11.6 Å². The minimum absolute atomic E-state index is 0.110. The van der Waals surface area contributed by atoms with Crippen molar-refractivity contribution in [2.24, 2.45) is 0 Å². The molecule has 0 saturated carbocycles. The van der Waals surface area contributed by atoms with Gasteiger partial charge in [-0.3, -0.25) is 4.79 Å². The molecule has 2 N–H and O–H groups in total. The summed E-state index contributed by atoms with van der Waals surface area (Å²) in [6.07, 6.45) is 1.00. The van der Waals surface area contributed by atoms with E-state index in [-0.39, 0.29) is 17.1 Å². The van der Waals surface area contributed by atoms with Crippen LogP contribution in [0.15, 0.2) is 48.5 Å². The van der Waals surface area contributed by atoms with Crippen LogP contribution in [0, 0.1) is 12.7 Å². The van der Waals surface area contributed by atoms with Crippen LogP contribution >= 0.6 is 0 Å². The van der Waals surface area contributed by atoms with Crippen molar-refractivity contribution < 1.29 is 19.4 Å². The van der Waals surface area contributed by atoms with Gasteiger partial charge in [-0.2, -0.15) is 0 Å². The molecule has 0 bridgehead atoms. The molecule has 4 heteroatoms. The van der Waals surface area contributed by atoms with E-state index in [2.05, 4.69) is 0 Å². The quantitative estimate of drug-likeness (QED) is 0.509. The number of rotatable bonds is 3. The highest BCUT2D eigenvalue weighted by Crippen LogP contribution is 2.21. The van der Waals surface area contributed by atoms with E-state index >= 15 is 0 Å². The number of aromatic hydroxyl groups is 1. The second-order valence-corrected chi connectivity index (χ2v) is 4.42. The average Bonchev–Trinajstić information content (AvgIpc) is 2.42. The number of phenols is 1. The topological polar surface area (TPSA) is 57.5 Å². The average molecular weight is 272 g/mol. The Hall–Kier alpha value is -2.62. The summed E-state index contributed by atoms with van der Waals surface area (Å²) in [7, 11) is 0. The summed E-state index contributed by atoms with van der Waals surface area (Å²) >= 11 is 0. The number of carbonyl (C=O) groups is 1. The molecule has 0 aromatic heterocycles. The van der Waals surface area contributed by atoms with Gasteiger partial charge in [-0.25, -0.2) is 4.39 Å². The lowest BCUT2D eigenvalue weighted by Gasteiger charge is -2.03. The van der Waals surface area contributed by atoms with Gasteiger partial charge in [0.15, 0.2) is 5.78 Å². The second kappa shape index (κ2) is 5.57. The molecule has 0 atom stereocenters. The van der Waals surface area contributed by atoms with Gasteiger partial charge in [0.25, 0.3) is 0 Å². The zero-order valence-corrected chi connectivity index (χ0v) is 10.8. The Morgan fingerprint density at radius 2 is 1.80 bits per heavy atom. The van der Waals surface area contributed by atoms with Gasteiger partial charge in [0.05, 0.1) is 5.56 Å². The number of ketones is 1. The van der Waals surface area contributed by atoms with Crippen molar-refractivity contribution in [2.75, 3.05) is 0 Å². The fourth-order valence-corrected chi connectivity index (χ4v) is 1.75. The molecule has 0 unspecified atom stereocenters. The van der Waals surface area contributed by atoms with E-state index in [0.717, 1.165) is 11.6 Å². The summed E-state index contributed by atoms with van der Waals surface area (Å²) in [5.74, 6) is -1.38. The molecule has 0 aliphatic rings. The van der Waals surface area contributed by atoms with E-state index in [1.807, 2.05) is 0 Å². The first-order chi connectivity index (χ1) is 9.47. The Morgan fingerprint density at radius 3 is 2.45 bits per heavy atom. The summed E-state index contributed by atoms with van der Waals surface area (Å²) in [4.78, 5) is 12.0. The number of hydrogen-bond acceptors (Lipinski definition) is 3. The first kappa shape index (κ1) is 13.8. The molecule has 0 heterocycles. The van der Waals surface area contributed by atoms with Crippen molar-refractivity contribution in [3.05, 3.63) is 71.0 Å². The lowest BCUT2D eigenvalue weighted by Crippen LogP contribution is -1.98. The summed E-state index contributed by atoms with van der Waals surface area (Å²) in [5, 5.41) is 19.5. The fraction of sp³-hybridized carbons (Fsp3) is 0.0625. The van der Waals surface area contributed by atoms with E-state index in [1.165, 1.54) is 36.4 Å². The molecule has 102 valence electrons. The molecular weight excluding hydrogens is 259 g/mol. The number of carbonyl (C=O) groups excluding carboxylic acids is 1. The van der Waals surface area contributed by atoms with Crippen molar-refractivity contribution in [3.63, 3.8) is 0 Å². The summed E-state index contributed by atoms with van der Waals surface area (Å²) in [5.41, 5.74) is 1.26. The third kappa shape index (κ3) is 3.03. The normalized spacial score (nSPS) is 11.4. The Labute approximate surface area is 115 Å². The molecule has 2 aromatic carbocycles. The van der Waals surface area contributed by atoms with Crippen molar-refractivity contribution in [2.45, 2.75) is 6.92 Å². The smallest absolute Gasteiger partial charge is 0.193 e. The molecule has 0 aliphatic heterocycles. The molecule has 0 fully saturated rings. The maximum atomic E-state index is 12.8. The number of aryl methyl sites for hydroxylation is 1. The van der Waals surface area contributed by atoms with Crippen molar-refractivity contribution >= 4 is 11.5 Å². The Balaban J connectivity index is 2.32. The number of allylic oxidation sites excluding steroid dienone is 1. The van der Waals surface area contributed by atoms with Crippen LogP contribution in [0.4, 0.5) is 4.39 Å². The molecule has 0 spiro atoms. The van der Waals surface area contributed by atoms with Crippen LogP contribution in [-0.2, 0) is 0 Å². The van der Waals surface area contributed by atoms with E-state index in [1.54, 1.807) is 13.0 Å². The predicted octanol–water partition coefficient (Wildman–Crippen LogP) is 3.62. The van der Waals surface area contributed by atoms with Crippen LogP contribution in [0.5, 0.6) is 5.75 Å². The first-order valence-electron chi connectivity index (χ1n) is 5.98. The highest BCUT2D eigenvalue weighted by Gasteiger charge is 2.11. The van der Waals surface area contributed by atoms with Crippen LogP contribution in [-0.4, -0.2) is 16.0 Å². The molecule has 0 radical (unpaired) electrons. The predicted molar refractivity (Wildman–Crippen MR) is 74.2 cm³/mol. The molecular formula is C16H13FO3. The van der Waals surface area contributed by atoms with Gasteiger partial charge in [-0.15, -0.1) is 0 Å². The number of benzene rings is 2. The van der Waals surface area contributed by atoms with Gasteiger partial charge in [0.1, 0.15) is 17.3 Å². The van der Waals surface area contributed by atoms with Crippen LogP contribution < -0.4 is 0 Å².